The molecule has 0 bridgehead atoms. The van der Waals surface area contributed by atoms with Gasteiger partial charge in [-0.25, -0.2) is 0 Å². The van der Waals surface area contributed by atoms with Crippen molar-refractivity contribution in [2.45, 2.75) is 97.8 Å². The van der Waals surface area contributed by atoms with E-state index in [1.54, 1.807) is 0 Å². The Hall–Kier alpha value is 0.821. The third kappa shape index (κ3) is 9.70. The summed E-state index contributed by atoms with van der Waals surface area (Å²) in [5, 5.41) is 9.58. The van der Waals surface area contributed by atoms with Gasteiger partial charge < -0.3 is 5.11 Å². The van der Waals surface area contributed by atoms with Gasteiger partial charge in [-0.3, -0.25) is 4.79 Å². The molecule has 0 aromatic heterocycles. The van der Waals surface area contributed by atoms with E-state index in [4.69, 9.17) is 0 Å². The van der Waals surface area contributed by atoms with Gasteiger partial charge in [-0.05, 0) is 19.3 Å². The minimum atomic E-state index is -0.568. The summed E-state index contributed by atoms with van der Waals surface area (Å²) in [6.07, 6.45) is 13.3. The molecular formula is C17H34NdO2. The smallest absolute Gasteiger partial charge is 0.309 e. The van der Waals surface area contributed by atoms with E-state index in [1.165, 1.54) is 44.9 Å². The Morgan fingerprint density at radius 3 is 1.55 bits per heavy atom. The molecule has 0 aliphatic carbocycles. The molecule has 0 amide bonds. The average Bonchev–Trinajstić information content (AvgIpc) is 2.41. The van der Waals surface area contributed by atoms with Crippen LogP contribution in [-0.4, -0.2) is 11.1 Å². The predicted octanol–water partition coefficient (Wildman–Crippen LogP) is 5.80. The summed E-state index contributed by atoms with van der Waals surface area (Å²) in [6.45, 7) is 6.44. The van der Waals surface area contributed by atoms with Crippen molar-refractivity contribution < 1.29 is 50.7 Å². The molecule has 0 aromatic rings. The third-order valence-corrected chi connectivity index (χ3v) is 4.40. The fourth-order valence-corrected chi connectivity index (χ4v) is 2.80. The molecule has 0 spiro atoms. The van der Waals surface area contributed by atoms with Gasteiger partial charge in [0.05, 0.1) is 5.41 Å². The summed E-state index contributed by atoms with van der Waals surface area (Å²) in [5.41, 5.74) is -0.444. The fraction of sp³-hybridized carbons (Fsp3) is 0.941. The minimum absolute atomic E-state index is 0. The molecule has 1 N–H and O–H groups in total. The maximum atomic E-state index is 11.6. The van der Waals surface area contributed by atoms with Gasteiger partial charge in [0.1, 0.15) is 0 Å². The monoisotopic (exact) mass is 412 g/mol. The zero-order valence-electron chi connectivity index (χ0n) is 13.8. The number of carboxylic acids is 1. The molecule has 1 unspecified atom stereocenters. The SMILES string of the molecule is CCCCCCCC(CC)(CCCCCC)C(=O)O.[Nd]. The number of carbonyl (C=O) groups is 1. The number of rotatable bonds is 13. The van der Waals surface area contributed by atoms with Gasteiger partial charge in [0.25, 0.3) is 0 Å². The van der Waals surface area contributed by atoms with Crippen LogP contribution in [0.2, 0.25) is 0 Å². The first-order valence-corrected chi connectivity index (χ1v) is 8.36. The fourth-order valence-electron chi connectivity index (χ4n) is 2.80. The van der Waals surface area contributed by atoms with Crippen molar-refractivity contribution >= 4 is 5.97 Å². The molecule has 0 saturated heterocycles. The number of hydrogen-bond donors (Lipinski definition) is 1. The molecule has 3 heteroatoms. The van der Waals surface area contributed by atoms with Crippen molar-refractivity contribution in [3.8, 4) is 0 Å². The quantitative estimate of drug-likeness (QED) is 0.387. The summed E-state index contributed by atoms with van der Waals surface area (Å²) in [6, 6.07) is 0. The molecule has 0 fully saturated rings. The van der Waals surface area contributed by atoms with E-state index in [0.29, 0.717) is 0 Å². The van der Waals surface area contributed by atoms with E-state index in [-0.39, 0.29) is 40.8 Å². The Morgan fingerprint density at radius 2 is 1.20 bits per heavy atom. The van der Waals surface area contributed by atoms with Gasteiger partial charge in [0.2, 0.25) is 0 Å². The van der Waals surface area contributed by atoms with Crippen LogP contribution in [-0.2, 0) is 4.79 Å². The number of carboxylic acid groups (broad SMARTS) is 1. The summed E-state index contributed by atoms with van der Waals surface area (Å²) in [7, 11) is 0. The van der Waals surface area contributed by atoms with Crippen molar-refractivity contribution in [3.63, 3.8) is 0 Å². The van der Waals surface area contributed by atoms with Gasteiger partial charge in [-0.2, -0.15) is 0 Å². The van der Waals surface area contributed by atoms with Crippen LogP contribution in [0.1, 0.15) is 97.8 Å². The Morgan fingerprint density at radius 1 is 0.800 bits per heavy atom. The van der Waals surface area contributed by atoms with Crippen molar-refractivity contribution in [1.29, 1.82) is 0 Å². The van der Waals surface area contributed by atoms with E-state index in [2.05, 4.69) is 13.8 Å². The van der Waals surface area contributed by atoms with Gasteiger partial charge in [0, 0.05) is 40.8 Å². The largest absolute Gasteiger partial charge is 0.481 e. The topological polar surface area (TPSA) is 37.3 Å². The Bertz CT molecular complexity index is 231. The van der Waals surface area contributed by atoms with Crippen molar-refractivity contribution in [3.05, 3.63) is 0 Å². The van der Waals surface area contributed by atoms with E-state index in [1.807, 2.05) is 6.92 Å². The second kappa shape index (κ2) is 14.7. The van der Waals surface area contributed by atoms with Gasteiger partial charge in [-0.15, -0.1) is 0 Å². The summed E-state index contributed by atoms with van der Waals surface area (Å²) in [4.78, 5) is 11.6. The van der Waals surface area contributed by atoms with Crippen LogP contribution >= 0.6 is 0 Å². The second-order valence-corrected chi connectivity index (χ2v) is 5.91. The van der Waals surface area contributed by atoms with Gasteiger partial charge >= 0.3 is 5.97 Å². The molecule has 2 nitrogen and oxygen atoms in total. The van der Waals surface area contributed by atoms with Crippen molar-refractivity contribution in [2.24, 2.45) is 5.41 Å². The molecule has 0 heterocycles. The van der Waals surface area contributed by atoms with Crippen LogP contribution < -0.4 is 0 Å². The maximum Gasteiger partial charge on any atom is 0.309 e. The molecule has 0 aliphatic heterocycles. The number of hydrogen-bond acceptors (Lipinski definition) is 1. The van der Waals surface area contributed by atoms with Crippen LogP contribution in [0.25, 0.3) is 0 Å². The zero-order chi connectivity index (χ0) is 14.6. The second-order valence-electron chi connectivity index (χ2n) is 5.91. The van der Waals surface area contributed by atoms with Crippen molar-refractivity contribution in [1.82, 2.24) is 0 Å². The standard InChI is InChI=1S/C17H34O2.Nd/c1-4-7-9-11-13-15-17(6-3,16(18)19)14-12-10-8-5-2;/h4-15H2,1-3H3,(H,18,19);. The first kappa shape index (κ1) is 23.1. The van der Waals surface area contributed by atoms with Gasteiger partial charge in [0.15, 0.2) is 0 Å². The van der Waals surface area contributed by atoms with E-state index < -0.39 is 11.4 Å². The van der Waals surface area contributed by atoms with Crippen molar-refractivity contribution in [2.75, 3.05) is 0 Å². The molecule has 0 rings (SSSR count). The minimum Gasteiger partial charge on any atom is -0.481 e. The summed E-state index contributed by atoms with van der Waals surface area (Å²) in [5.74, 6) is -0.568. The Labute approximate surface area is 159 Å². The van der Waals surface area contributed by atoms with E-state index in [9.17, 15) is 9.90 Å². The van der Waals surface area contributed by atoms with Crippen LogP contribution in [0.4, 0.5) is 0 Å². The number of unbranched alkanes of at least 4 members (excludes halogenated alkanes) is 7. The molecule has 1 atom stereocenters. The molecule has 0 saturated carbocycles. The van der Waals surface area contributed by atoms with Crippen LogP contribution in [0, 0.1) is 46.3 Å². The van der Waals surface area contributed by atoms with Crippen LogP contribution in [0.15, 0.2) is 0 Å². The van der Waals surface area contributed by atoms with Crippen LogP contribution in [0.3, 0.4) is 0 Å². The molecule has 118 valence electrons. The normalized spacial score (nSPS) is 13.6. The molecular weight excluding hydrogens is 380 g/mol. The van der Waals surface area contributed by atoms with Gasteiger partial charge in [-0.1, -0.05) is 78.6 Å². The van der Waals surface area contributed by atoms with E-state index >= 15 is 0 Å². The zero-order valence-corrected chi connectivity index (χ0v) is 17.0. The van der Waals surface area contributed by atoms with E-state index in [0.717, 1.165) is 32.1 Å². The van der Waals surface area contributed by atoms with Crippen LogP contribution in [0.5, 0.6) is 0 Å². The molecule has 0 radical (unpaired) electrons. The third-order valence-electron chi connectivity index (χ3n) is 4.40. The first-order valence-electron chi connectivity index (χ1n) is 8.36. The maximum absolute atomic E-state index is 11.6. The Kier molecular flexibility index (Phi) is 17.0. The molecule has 20 heavy (non-hydrogen) atoms. The molecule has 0 aliphatic rings. The predicted molar refractivity (Wildman–Crippen MR) is 82.5 cm³/mol. The molecule has 0 aromatic carbocycles. The first-order chi connectivity index (χ1) is 9.13. The Balaban J connectivity index is 0. The summed E-state index contributed by atoms with van der Waals surface area (Å²) < 4.78 is 0. The number of aliphatic carboxylic acids is 1. The average molecular weight is 415 g/mol. The summed E-state index contributed by atoms with van der Waals surface area (Å²) >= 11 is 0.